The second-order valence-electron chi connectivity index (χ2n) is 12.6. The van der Waals surface area contributed by atoms with Crippen LogP contribution in [0.15, 0.2) is 42.6 Å². The number of carbonyl (C=O) groups excluding carboxylic acids is 3. The molecule has 13 heteroatoms. The Morgan fingerprint density at radius 3 is 2.50 bits per heavy atom. The fraction of sp³-hybridized carbons (Fsp3) is 0.485. The number of pyridine rings is 1. The van der Waals surface area contributed by atoms with Gasteiger partial charge in [-0.25, -0.2) is 13.6 Å². The minimum absolute atomic E-state index is 0.250. The number of carbonyl (C=O) groups is 3. The van der Waals surface area contributed by atoms with E-state index in [1.807, 2.05) is 45.0 Å². The third-order valence-corrected chi connectivity index (χ3v) is 8.00. The van der Waals surface area contributed by atoms with Crippen LogP contribution in [0.3, 0.4) is 0 Å². The highest BCUT2D eigenvalue weighted by Gasteiger charge is 2.47. The number of aromatic nitrogens is 1. The van der Waals surface area contributed by atoms with Gasteiger partial charge in [0.1, 0.15) is 17.4 Å². The standard InChI is InChI=1S/C33H38F2N6O5/c1-32(2,3)46-31(44)40-14-12-39(13-15-40)11-6-16-45-27-17-26-25(9-10-37-29(26)24-8-5-4-7-23(24)27)30(43)38-20-28(42)41-21-33(34,35)18-22(41)19-36/h4-5,7-10,17,22H,6,11-16,18,20-21H2,1-3H3,(H,38,43)/t22-/m0/s1. The van der Waals surface area contributed by atoms with Gasteiger partial charge in [-0.15, -0.1) is 0 Å². The van der Waals surface area contributed by atoms with Crippen molar-refractivity contribution in [3.8, 4) is 11.8 Å². The molecule has 0 aliphatic carbocycles. The Kier molecular flexibility index (Phi) is 9.58. The van der Waals surface area contributed by atoms with E-state index in [1.54, 1.807) is 17.0 Å². The van der Waals surface area contributed by atoms with Gasteiger partial charge in [0.25, 0.3) is 11.8 Å². The summed E-state index contributed by atoms with van der Waals surface area (Å²) in [6.45, 7) is 8.04. The molecule has 0 bridgehead atoms. The van der Waals surface area contributed by atoms with E-state index < -0.39 is 48.9 Å². The van der Waals surface area contributed by atoms with E-state index in [-0.39, 0.29) is 11.7 Å². The van der Waals surface area contributed by atoms with Gasteiger partial charge < -0.3 is 24.6 Å². The van der Waals surface area contributed by atoms with E-state index in [0.29, 0.717) is 36.3 Å². The van der Waals surface area contributed by atoms with Gasteiger partial charge >= 0.3 is 6.09 Å². The van der Waals surface area contributed by atoms with Crippen molar-refractivity contribution in [2.75, 3.05) is 52.4 Å². The normalized spacial score (nSPS) is 18.4. The SMILES string of the molecule is CC(C)(C)OC(=O)N1CCN(CCCOc2cc3c(C(=O)NCC(=O)N4CC(F)(F)C[C@H]4C#N)ccnc3c3ccccc23)CC1. The average molecular weight is 637 g/mol. The molecule has 2 aliphatic rings. The van der Waals surface area contributed by atoms with Crippen LogP contribution < -0.4 is 10.1 Å². The van der Waals surface area contributed by atoms with Gasteiger partial charge in [-0.3, -0.25) is 19.5 Å². The predicted octanol–water partition coefficient (Wildman–Crippen LogP) is 4.20. The van der Waals surface area contributed by atoms with Gasteiger partial charge in [-0.05, 0) is 39.3 Å². The predicted molar refractivity (Wildman–Crippen MR) is 167 cm³/mol. The first-order valence-electron chi connectivity index (χ1n) is 15.3. The van der Waals surface area contributed by atoms with Crippen LogP contribution in [-0.2, 0) is 9.53 Å². The first kappa shape index (κ1) is 32.8. The van der Waals surface area contributed by atoms with E-state index in [4.69, 9.17) is 9.47 Å². The average Bonchev–Trinajstić information content (AvgIpc) is 3.35. The number of hydrogen-bond acceptors (Lipinski definition) is 8. The molecule has 46 heavy (non-hydrogen) atoms. The Bertz CT molecular complexity index is 1660. The van der Waals surface area contributed by atoms with Gasteiger partial charge in [-0.2, -0.15) is 5.26 Å². The van der Waals surface area contributed by atoms with Crippen molar-refractivity contribution >= 4 is 39.6 Å². The van der Waals surface area contributed by atoms with Crippen LogP contribution in [0, 0.1) is 11.3 Å². The van der Waals surface area contributed by atoms with Gasteiger partial charge in [0.2, 0.25) is 5.91 Å². The summed E-state index contributed by atoms with van der Waals surface area (Å²) in [5.74, 6) is -3.90. The minimum atomic E-state index is -3.14. The maximum absolute atomic E-state index is 13.8. The molecule has 0 spiro atoms. The van der Waals surface area contributed by atoms with E-state index in [1.165, 1.54) is 12.3 Å². The van der Waals surface area contributed by atoms with Crippen molar-refractivity contribution in [2.45, 2.75) is 51.2 Å². The number of fused-ring (bicyclic) bond motifs is 3. The van der Waals surface area contributed by atoms with Gasteiger partial charge in [-0.1, -0.05) is 24.3 Å². The van der Waals surface area contributed by atoms with Crippen LogP contribution in [-0.4, -0.2) is 108 Å². The summed E-state index contributed by atoms with van der Waals surface area (Å²) in [4.78, 5) is 47.6. The summed E-state index contributed by atoms with van der Waals surface area (Å²) in [6, 6.07) is 11.4. The zero-order valence-corrected chi connectivity index (χ0v) is 26.2. The number of rotatable bonds is 8. The van der Waals surface area contributed by atoms with E-state index >= 15 is 0 Å². The lowest BCUT2D eigenvalue weighted by molar-refractivity contribution is -0.131. The van der Waals surface area contributed by atoms with Crippen molar-refractivity contribution in [2.24, 2.45) is 0 Å². The van der Waals surface area contributed by atoms with Crippen LogP contribution in [0.5, 0.6) is 5.75 Å². The highest BCUT2D eigenvalue weighted by Crippen LogP contribution is 2.34. The third-order valence-electron chi connectivity index (χ3n) is 8.00. The summed E-state index contributed by atoms with van der Waals surface area (Å²) in [5.41, 5.74) is 0.296. The van der Waals surface area contributed by atoms with Gasteiger partial charge in [0.05, 0.1) is 36.8 Å². The fourth-order valence-electron chi connectivity index (χ4n) is 5.76. The Labute approximate surface area is 266 Å². The number of benzene rings is 2. The number of halogens is 2. The number of amides is 3. The summed E-state index contributed by atoms with van der Waals surface area (Å²) < 4.78 is 39.4. The number of nitriles is 1. The second-order valence-corrected chi connectivity index (χ2v) is 12.6. The molecular weight excluding hydrogens is 598 g/mol. The molecule has 2 aliphatic heterocycles. The molecule has 3 amide bonds. The summed E-state index contributed by atoms with van der Waals surface area (Å²) in [7, 11) is 0. The van der Waals surface area contributed by atoms with E-state index in [9.17, 15) is 28.4 Å². The van der Waals surface area contributed by atoms with Crippen LogP contribution in [0.25, 0.3) is 21.7 Å². The molecule has 0 saturated carbocycles. The van der Waals surface area contributed by atoms with Gasteiger partial charge in [0, 0.05) is 61.5 Å². The Morgan fingerprint density at radius 2 is 1.80 bits per heavy atom. The maximum Gasteiger partial charge on any atom is 0.410 e. The number of hydrogen-bond donors (Lipinski definition) is 1. The number of nitrogens with zero attached hydrogens (tertiary/aromatic N) is 5. The Morgan fingerprint density at radius 1 is 1.09 bits per heavy atom. The van der Waals surface area contributed by atoms with Crippen LogP contribution in [0.4, 0.5) is 13.6 Å². The third kappa shape index (κ3) is 7.62. The van der Waals surface area contributed by atoms with Crippen molar-refractivity contribution in [1.29, 1.82) is 5.26 Å². The van der Waals surface area contributed by atoms with Crippen LogP contribution in [0.1, 0.15) is 44.0 Å². The summed E-state index contributed by atoms with van der Waals surface area (Å²) >= 11 is 0. The molecule has 1 atom stereocenters. The second kappa shape index (κ2) is 13.4. The highest BCUT2D eigenvalue weighted by atomic mass is 19.3. The lowest BCUT2D eigenvalue weighted by Gasteiger charge is -2.35. The molecule has 244 valence electrons. The zero-order valence-electron chi connectivity index (χ0n) is 26.2. The molecular formula is C33H38F2N6O5. The molecule has 3 heterocycles. The first-order valence-corrected chi connectivity index (χ1v) is 15.3. The molecule has 3 aromatic rings. The molecule has 5 rings (SSSR count). The number of likely N-dealkylation sites (tertiary alicyclic amines) is 1. The lowest BCUT2D eigenvalue weighted by Crippen LogP contribution is -2.50. The molecule has 0 radical (unpaired) electrons. The lowest BCUT2D eigenvalue weighted by atomic mass is 10.0. The number of piperazine rings is 1. The highest BCUT2D eigenvalue weighted by molar-refractivity contribution is 6.15. The zero-order chi connectivity index (χ0) is 33.1. The Hall–Kier alpha value is -4.57. The van der Waals surface area contributed by atoms with Crippen molar-refractivity contribution in [3.05, 3.63) is 48.2 Å². The topological polar surface area (TPSA) is 128 Å². The molecule has 11 nitrogen and oxygen atoms in total. The van der Waals surface area contributed by atoms with Crippen molar-refractivity contribution in [1.82, 2.24) is 25.0 Å². The largest absolute Gasteiger partial charge is 0.493 e. The van der Waals surface area contributed by atoms with E-state index in [2.05, 4.69) is 15.2 Å². The molecule has 0 unspecified atom stereocenters. The van der Waals surface area contributed by atoms with Crippen molar-refractivity contribution in [3.63, 3.8) is 0 Å². The molecule has 2 fully saturated rings. The van der Waals surface area contributed by atoms with Crippen LogP contribution in [0.2, 0.25) is 0 Å². The first-order chi connectivity index (χ1) is 21.8. The summed E-state index contributed by atoms with van der Waals surface area (Å²) in [5, 5.41) is 13.9. The Balaban J connectivity index is 1.23. The quantitative estimate of drug-likeness (QED) is 0.288. The molecule has 2 aromatic carbocycles. The minimum Gasteiger partial charge on any atom is -0.493 e. The number of nitrogens with one attached hydrogen (secondary N) is 1. The summed E-state index contributed by atoms with van der Waals surface area (Å²) in [6.07, 6.45) is 1.22. The number of ether oxygens (including phenoxy) is 2. The number of alkyl halides is 2. The maximum atomic E-state index is 13.8. The van der Waals surface area contributed by atoms with Crippen molar-refractivity contribution < 1.29 is 32.6 Å². The fourth-order valence-corrected chi connectivity index (χ4v) is 5.76. The van der Waals surface area contributed by atoms with E-state index in [0.717, 1.165) is 41.7 Å². The monoisotopic (exact) mass is 636 g/mol. The molecule has 1 aromatic heterocycles. The van der Waals surface area contributed by atoms with Crippen LogP contribution >= 0.6 is 0 Å². The molecule has 2 saturated heterocycles. The van der Waals surface area contributed by atoms with Gasteiger partial charge in [0.15, 0.2) is 0 Å². The molecule has 1 N–H and O–H groups in total. The smallest absolute Gasteiger partial charge is 0.410 e.